The van der Waals surface area contributed by atoms with E-state index >= 15 is 0 Å². The van der Waals surface area contributed by atoms with E-state index in [0.29, 0.717) is 0 Å². The van der Waals surface area contributed by atoms with E-state index in [9.17, 15) is 0 Å². The summed E-state index contributed by atoms with van der Waals surface area (Å²) in [5, 5.41) is 8.00. The normalized spacial score (nSPS) is 11.1. The molecule has 0 unspecified atom stereocenters. The van der Waals surface area contributed by atoms with Crippen LogP contribution in [0, 0.1) is 13.8 Å². The molecule has 108 valence electrons. The van der Waals surface area contributed by atoms with Crippen LogP contribution in [0.15, 0.2) is 35.7 Å². The average molecular weight is 297 g/mol. The molecule has 0 saturated heterocycles. The van der Waals surface area contributed by atoms with Crippen molar-refractivity contribution < 1.29 is 0 Å². The number of nitrogens with one attached hydrogen (secondary N) is 1. The number of aromatic nitrogens is 2. The molecule has 0 radical (unpaired) electrons. The van der Waals surface area contributed by atoms with Crippen LogP contribution in [0.2, 0.25) is 0 Å². The molecule has 3 rings (SSSR count). The molecule has 3 aromatic rings. The van der Waals surface area contributed by atoms with E-state index < -0.39 is 0 Å². The first kappa shape index (κ1) is 14.2. The fourth-order valence-corrected chi connectivity index (χ4v) is 3.11. The minimum Gasteiger partial charge on any atom is -0.312 e. The summed E-state index contributed by atoms with van der Waals surface area (Å²) < 4.78 is 0. The molecule has 2 heterocycles. The molecule has 1 aromatic carbocycles. The van der Waals surface area contributed by atoms with Gasteiger partial charge >= 0.3 is 0 Å². The maximum atomic E-state index is 4.53. The summed E-state index contributed by atoms with van der Waals surface area (Å²) >= 11 is 1.74. The Kier molecular flexibility index (Phi) is 4.27. The van der Waals surface area contributed by atoms with Gasteiger partial charge in [0.2, 0.25) is 0 Å². The topological polar surface area (TPSA) is 37.8 Å². The summed E-state index contributed by atoms with van der Waals surface area (Å²) in [5.74, 6) is 0. The monoisotopic (exact) mass is 297 g/mol. The second kappa shape index (κ2) is 6.33. The van der Waals surface area contributed by atoms with Crippen LogP contribution >= 0.6 is 11.3 Å². The second-order valence-corrected chi connectivity index (χ2v) is 6.23. The van der Waals surface area contributed by atoms with Gasteiger partial charge in [0, 0.05) is 41.7 Å². The fraction of sp³-hybridized carbons (Fsp3) is 0.294. The van der Waals surface area contributed by atoms with Crippen molar-refractivity contribution in [3.63, 3.8) is 0 Å². The van der Waals surface area contributed by atoms with Crippen molar-refractivity contribution in [2.75, 3.05) is 6.54 Å². The quantitative estimate of drug-likeness (QED) is 0.731. The molecule has 1 N–H and O–H groups in total. The van der Waals surface area contributed by atoms with Crippen LogP contribution in [0.1, 0.15) is 22.0 Å². The minimum atomic E-state index is 0.883. The lowest BCUT2D eigenvalue weighted by Crippen LogP contribution is -2.16. The number of aryl methyl sites for hydroxylation is 2. The number of fused-ring (bicyclic) bond motifs is 1. The number of pyridine rings is 1. The minimum absolute atomic E-state index is 0.883. The van der Waals surface area contributed by atoms with Crippen molar-refractivity contribution in [1.82, 2.24) is 15.3 Å². The third-order valence-corrected chi connectivity index (χ3v) is 4.43. The van der Waals surface area contributed by atoms with E-state index in [0.717, 1.165) is 36.4 Å². The Bertz CT molecular complexity index is 749. The molecule has 0 aliphatic rings. The number of rotatable bonds is 5. The summed E-state index contributed by atoms with van der Waals surface area (Å²) in [6.45, 7) is 5.90. The summed E-state index contributed by atoms with van der Waals surface area (Å²) in [4.78, 5) is 9.00. The number of benzene rings is 1. The average Bonchev–Trinajstić information content (AvgIpc) is 2.89. The van der Waals surface area contributed by atoms with Crippen LogP contribution in [0.5, 0.6) is 0 Å². The summed E-state index contributed by atoms with van der Waals surface area (Å²) in [5.41, 5.74) is 4.54. The first-order valence-corrected chi connectivity index (χ1v) is 8.07. The first-order valence-electron chi connectivity index (χ1n) is 7.19. The standard InChI is InChI=1S/C17H19N3S/c1-12-3-5-15-9-14(4-6-16(15)19-12)10-18-8-7-17-20-13(2)11-21-17/h3-6,9,11,18H,7-8,10H2,1-2H3. The van der Waals surface area contributed by atoms with Gasteiger partial charge in [0.05, 0.1) is 10.5 Å². The van der Waals surface area contributed by atoms with Crippen LogP contribution in [0.3, 0.4) is 0 Å². The van der Waals surface area contributed by atoms with Crippen LogP contribution in [0.4, 0.5) is 0 Å². The molecule has 0 fully saturated rings. The fourth-order valence-electron chi connectivity index (χ4n) is 2.33. The molecule has 0 atom stereocenters. The highest BCUT2D eigenvalue weighted by Crippen LogP contribution is 2.15. The van der Waals surface area contributed by atoms with Gasteiger partial charge in [-0.15, -0.1) is 11.3 Å². The highest BCUT2D eigenvalue weighted by atomic mass is 32.1. The highest BCUT2D eigenvalue weighted by molar-refractivity contribution is 7.09. The van der Waals surface area contributed by atoms with Crippen LogP contribution in [0.25, 0.3) is 10.9 Å². The zero-order valence-corrected chi connectivity index (χ0v) is 13.2. The van der Waals surface area contributed by atoms with Gasteiger partial charge in [0.1, 0.15) is 0 Å². The van der Waals surface area contributed by atoms with Gasteiger partial charge in [0.15, 0.2) is 0 Å². The highest BCUT2D eigenvalue weighted by Gasteiger charge is 2.00. The van der Waals surface area contributed by atoms with Crippen molar-refractivity contribution in [2.24, 2.45) is 0 Å². The number of hydrogen-bond donors (Lipinski definition) is 1. The van der Waals surface area contributed by atoms with Gasteiger partial charge in [-0.3, -0.25) is 4.98 Å². The Hall–Kier alpha value is -1.78. The van der Waals surface area contributed by atoms with Gasteiger partial charge in [-0.05, 0) is 37.6 Å². The zero-order chi connectivity index (χ0) is 14.7. The molecule has 0 bridgehead atoms. The van der Waals surface area contributed by atoms with E-state index in [1.807, 2.05) is 13.8 Å². The van der Waals surface area contributed by atoms with Gasteiger partial charge in [-0.25, -0.2) is 4.98 Å². The molecule has 2 aromatic heterocycles. The zero-order valence-electron chi connectivity index (χ0n) is 12.4. The Labute approximate surface area is 129 Å². The van der Waals surface area contributed by atoms with Gasteiger partial charge in [-0.1, -0.05) is 12.1 Å². The van der Waals surface area contributed by atoms with Crippen molar-refractivity contribution in [2.45, 2.75) is 26.8 Å². The Morgan fingerprint density at radius 2 is 1.95 bits per heavy atom. The van der Waals surface area contributed by atoms with E-state index in [4.69, 9.17) is 0 Å². The second-order valence-electron chi connectivity index (χ2n) is 5.29. The summed E-state index contributed by atoms with van der Waals surface area (Å²) in [7, 11) is 0. The molecular formula is C17H19N3S. The Morgan fingerprint density at radius 3 is 2.76 bits per heavy atom. The van der Waals surface area contributed by atoms with Crippen molar-refractivity contribution >= 4 is 22.2 Å². The smallest absolute Gasteiger partial charge is 0.0940 e. The Balaban J connectivity index is 1.56. The largest absolute Gasteiger partial charge is 0.312 e. The predicted molar refractivity (Wildman–Crippen MR) is 88.7 cm³/mol. The molecule has 0 saturated carbocycles. The van der Waals surface area contributed by atoms with Crippen LogP contribution < -0.4 is 5.32 Å². The molecule has 3 nitrogen and oxygen atoms in total. The number of thiazole rings is 1. The van der Waals surface area contributed by atoms with E-state index in [2.05, 4.69) is 51.0 Å². The first-order chi connectivity index (χ1) is 10.2. The van der Waals surface area contributed by atoms with E-state index in [1.165, 1.54) is 16.0 Å². The van der Waals surface area contributed by atoms with Crippen molar-refractivity contribution in [3.05, 3.63) is 57.7 Å². The molecule has 4 heteroatoms. The maximum Gasteiger partial charge on any atom is 0.0940 e. The van der Waals surface area contributed by atoms with Gasteiger partial charge in [-0.2, -0.15) is 0 Å². The third kappa shape index (κ3) is 3.65. The predicted octanol–water partition coefficient (Wildman–Crippen LogP) is 3.64. The van der Waals surface area contributed by atoms with Gasteiger partial charge < -0.3 is 5.32 Å². The van der Waals surface area contributed by atoms with Gasteiger partial charge in [0.25, 0.3) is 0 Å². The lowest BCUT2D eigenvalue weighted by atomic mass is 10.1. The third-order valence-electron chi connectivity index (χ3n) is 3.40. The van der Waals surface area contributed by atoms with E-state index in [1.54, 1.807) is 11.3 Å². The number of hydrogen-bond acceptors (Lipinski definition) is 4. The van der Waals surface area contributed by atoms with Crippen LogP contribution in [-0.2, 0) is 13.0 Å². The lowest BCUT2D eigenvalue weighted by molar-refractivity contribution is 0.685. The molecular weight excluding hydrogens is 278 g/mol. The summed E-state index contributed by atoms with van der Waals surface area (Å²) in [6, 6.07) is 10.7. The number of nitrogens with zero attached hydrogens (tertiary/aromatic N) is 2. The van der Waals surface area contributed by atoms with Crippen molar-refractivity contribution in [1.29, 1.82) is 0 Å². The molecule has 0 spiro atoms. The molecule has 0 aliphatic carbocycles. The van der Waals surface area contributed by atoms with Crippen molar-refractivity contribution in [3.8, 4) is 0 Å². The molecule has 21 heavy (non-hydrogen) atoms. The van der Waals surface area contributed by atoms with E-state index in [-0.39, 0.29) is 0 Å². The lowest BCUT2D eigenvalue weighted by Gasteiger charge is -2.06. The molecule has 0 aliphatic heterocycles. The maximum absolute atomic E-state index is 4.53. The Morgan fingerprint density at radius 1 is 1.05 bits per heavy atom. The molecule has 0 amide bonds. The van der Waals surface area contributed by atoms with Crippen LogP contribution in [-0.4, -0.2) is 16.5 Å². The SMILES string of the molecule is Cc1csc(CCNCc2ccc3nc(C)ccc3c2)n1. The summed E-state index contributed by atoms with van der Waals surface area (Å²) in [6.07, 6.45) is 0.993.